The van der Waals surface area contributed by atoms with Gasteiger partial charge in [-0.2, -0.15) is 0 Å². The second kappa shape index (κ2) is 8.72. The zero-order chi connectivity index (χ0) is 22.9. The number of hydrogen-bond donors (Lipinski definition) is 1. The molecule has 166 valence electrons. The van der Waals surface area contributed by atoms with Gasteiger partial charge in [-0.1, -0.05) is 0 Å². The standard InChI is InChI=1S/C27H29NO3Se/c1-26(2)12-13-27(3,4)21-15-23(32-24-11-10-19(16-28-24)25(29)30)22(14-20(21)26)31-17-18-8-6-5-7-9-18/h5-11,14-16H,12-13,17H2,1-4H3,(H,29,30). The molecule has 4 nitrogen and oxygen atoms in total. The third kappa shape index (κ3) is 4.74. The quantitative estimate of drug-likeness (QED) is 0.518. The molecule has 32 heavy (non-hydrogen) atoms. The van der Waals surface area contributed by atoms with Crippen molar-refractivity contribution in [2.24, 2.45) is 0 Å². The van der Waals surface area contributed by atoms with Crippen LogP contribution in [-0.2, 0) is 17.4 Å². The fourth-order valence-corrected chi connectivity index (χ4v) is 5.99. The van der Waals surface area contributed by atoms with Gasteiger partial charge in [0.05, 0.1) is 0 Å². The van der Waals surface area contributed by atoms with Crippen LogP contribution in [0.4, 0.5) is 0 Å². The summed E-state index contributed by atoms with van der Waals surface area (Å²) in [7, 11) is 0. The first-order valence-corrected chi connectivity index (χ1v) is 12.6. The summed E-state index contributed by atoms with van der Waals surface area (Å²) in [5, 5.41) is 9.17. The summed E-state index contributed by atoms with van der Waals surface area (Å²) < 4.78 is 8.41. The number of pyridine rings is 1. The van der Waals surface area contributed by atoms with Gasteiger partial charge in [0.15, 0.2) is 0 Å². The van der Waals surface area contributed by atoms with Crippen molar-refractivity contribution in [3.05, 3.63) is 83.0 Å². The van der Waals surface area contributed by atoms with Crippen LogP contribution in [0.25, 0.3) is 0 Å². The van der Waals surface area contributed by atoms with E-state index in [0.29, 0.717) is 6.61 Å². The molecular formula is C27H29NO3Se. The van der Waals surface area contributed by atoms with Gasteiger partial charge in [-0.25, -0.2) is 0 Å². The Morgan fingerprint density at radius 3 is 2.25 bits per heavy atom. The second-order valence-corrected chi connectivity index (χ2v) is 11.9. The summed E-state index contributed by atoms with van der Waals surface area (Å²) in [6, 6.07) is 18.2. The summed E-state index contributed by atoms with van der Waals surface area (Å²) in [5.74, 6) is -0.0521. The average molecular weight is 494 g/mol. The van der Waals surface area contributed by atoms with Crippen LogP contribution in [-0.4, -0.2) is 31.0 Å². The van der Waals surface area contributed by atoms with Crippen LogP contribution in [0.3, 0.4) is 0 Å². The molecule has 2 aromatic carbocycles. The van der Waals surface area contributed by atoms with E-state index in [-0.39, 0.29) is 31.4 Å². The minimum absolute atomic E-state index is 0.0998. The van der Waals surface area contributed by atoms with Gasteiger partial charge in [0.25, 0.3) is 0 Å². The van der Waals surface area contributed by atoms with E-state index in [2.05, 4.69) is 56.9 Å². The molecule has 0 aliphatic heterocycles. The minimum atomic E-state index is -0.957. The third-order valence-electron chi connectivity index (χ3n) is 6.35. The molecule has 0 bridgehead atoms. The van der Waals surface area contributed by atoms with E-state index < -0.39 is 5.97 Å². The maximum absolute atomic E-state index is 11.2. The van der Waals surface area contributed by atoms with E-state index in [9.17, 15) is 9.90 Å². The number of fused-ring (bicyclic) bond motifs is 1. The molecule has 5 heteroatoms. The predicted octanol–water partition coefficient (Wildman–Crippen LogP) is 4.36. The van der Waals surface area contributed by atoms with Crippen molar-refractivity contribution in [2.45, 2.75) is 58.0 Å². The van der Waals surface area contributed by atoms with Crippen LogP contribution in [0.2, 0.25) is 0 Å². The van der Waals surface area contributed by atoms with Crippen molar-refractivity contribution >= 4 is 30.0 Å². The van der Waals surface area contributed by atoms with Crippen molar-refractivity contribution in [3.63, 3.8) is 0 Å². The zero-order valence-corrected chi connectivity index (χ0v) is 20.7. The number of aromatic carboxylic acids is 1. The third-order valence-corrected chi connectivity index (χ3v) is 8.43. The van der Waals surface area contributed by atoms with Gasteiger partial charge < -0.3 is 0 Å². The Balaban J connectivity index is 1.74. The molecule has 0 saturated carbocycles. The number of carboxylic acid groups (broad SMARTS) is 1. The molecule has 0 atom stereocenters. The van der Waals surface area contributed by atoms with Crippen molar-refractivity contribution in [3.8, 4) is 5.75 Å². The van der Waals surface area contributed by atoms with Crippen LogP contribution < -0.4 is 13.8 Å². The molecule has 0 amide bonds. The van der Waals surface area contributed by atoms with Crippen molar-refractivity contribution in [1.82, 2.24) is 4.98 Å². The first kappa shape index (κ1) is 22.6. The fourth-order valence-electron chi connectivity index (χ4n) is 4.18. The molecular weight excluding hydrogens is 465 g/mol. The number of carbonyl (C=O) groups is 1. The van der Waals surface area contributed by atoms with Gasteiger partial charge in [0, 0.05) is 0 Å². The topological polar surface area (TPSA) is 59.4 Å². The van der Waals surface area contributed by atoms with E-state index in [1.807, 2.05) is 24.3 Å². The van der Waals surface area contributed by atoms with Gasteiger partial charge in [-0.3, -0.25) is 0 Å². The molecule has 1 N–H and O–H groups in total. The van der Waals surface area contributed by atoms with Crippen molar-refractivity contribution in [1.29, 1.82) is 0 Å². The average Bonchev–Trinajstić information content (AvgIpc) is 2.77. The van der Waals surface area contributed by atoms with E-state index in [1.165, 1.54) is 17.3 Å². The van der Waals surface area contributed by atoms with Gasteiger partial charge in [0.2, 0.25) is 0 Å². The van der Waals surface area contributed by atoms with E-state index in [0.717, 1.165) is 33.2 Å². The van der Waals surface area contributed by atoms with E-state index in [1.54, 1.807) is 6.07 Å². The molecule has 0 fully saturated rings. The summed E-state index contributed by atoms with van der Waals surface area (Å²) in [6.45, 7) is 9.79. The summed E-state index contributed by atoms with van der Waals surface area (Å²) >= 11 is -0.101. The van der Waals surface area contributed by atoms with Gasteiger partial charge in [-0.05, 0) is 0 Å². The maximum atomic E-state index is 11.2. The van der Waals surface area contributed by atoms with Crippen molar-refractivity contribution < 1.29 is 14.6 Å². The SMILES string of the molecule is CC1(C)CCC(C)(C)c2cc([Se]c3ccc(C(=O)O)cn3)c(OCc3ccccc3)cc21. The first-order chi connectivity index (χ1) is 15.2. The number of benzene rings is 2. The van der Waals surface area contributed by atoms with Gasteiger partial charge >= 0.3 is 196 Å². The number of hydrogen-bond acceptors (Lipinski definition) is 3. The Labute approximate surface area is 196 Å². The van der Waals surface area contributed by atoms with Crippen LogP contribution in [0.1, 0.15) is 67.6 Å². The second-order valence-electron chi connectivity index (χ2n) is 9.68. The Hall–Kier alpha value is -2.62. The van der Waals surface area contributed by atoms with Crippen LogP contribution >= 0.6 is 0 Å². The van der Waals surface area contributed by atoms with Crippen LogP contribution in [0.15, 0.2) is 60.8 Å². The van der Waals surface area contributed by atoms with Crippen LogP contribution in [0, 0.1) is 0 Å². The number of rotatable bonds is 6. The normalized spacial score (nSPS) is 16.2. The summed E-state index contributed by atoms with van der Waals surface area (Å²) in [5.41, 5.74) is 4.30. The van der Waals surface area contributed by atoms with Crippen molar-refractivity contribution in [2.75, 3.05) is 0 Å². The number of carboxylic acids is 1. The summed E-state index contributed by atoms with van der Waals surface area (Å²) in [6.07, 6.45) is 3.73. The van der Waals surface area contributed by atoms with Gasteiger partial charge in [-0.15, -0.1) is 0 Å². The van der Waals surface area contributed by atoms with E-state index >= 15 is 0 Å². The molecule has 0 spiro atoms. The molecule has 1 aromatic heterocycles. The molecule has 1 aliphatic rings. The van der Waals surface area contributed by atoms with Gasteiger partial charge in [0.1, 0.15) is 0 Å². The monoisotopic (exact) mass is 495 g/mol. The Morgan fingerprint density at radius 2 is 1.66 bits per heavy atom. The first-order valence-electron chi connectivity index (χ1n) is 10.9. The van der Waals surface area contributed by atoms with E-state index in [4.69, 9.17) is 4.74 Å². The Kier molecular flexibility index (Phi) is 6.15. The summed E-state index contributed by atoms with van der Waals surface area (Å²) in [4.78, 5) is 15.6. The predicted molar refractivity (Wildman–Crippen MR) is 129 cm³/mol. The Bertz CT molecular complexity index is 1120. The molecule has 4 rings (SSSR count). The molecule has 0 unspecified atom stereocenters. The number of ether oxygens (including phenoxy) is 1. The number of nitrogens with zero attached hydrogens (tertiary/aromatic N) is 1. The molecule has 1 aliphatic carbocycles. The van der Waals surface area contributed by atoms with Crippen LogP contribution in [0.5, 0.6) is 5.75 Å². The molecule has 0 saturated heterocycles. The molecule has 3 aromatic rings. The molecule has 1 heterocycles. The zero-order valence-electron chi connectivity index (χ0n) is 19.0. The molecule has 0 radical (unpaired) electrons. The fraction of sp³-hybridized carbons (Fsp3) is 0.333. The Morgan fingerprint density at radius 1 is 1.00 bits per heavy atom. The number of aromatic nitrogens is 1.